The second-order valence-electron chi connectivity index (χ2n) is 33.4. The summed E-state index contributed by atoms with van der Waals surface area (Å²) in [5.74, 6) is -31.4. The number of benzene rings is 4. The standard InChI is InChI=1S/C85H113N21O27S2/c1-42(86)71(120)100-60-37-135-39-64(110)104-29-28-103-40-105(41-104)102-106(84(133)45(4)91-72(121)43(2)89-75(124)55(32-49-18-13-17-48-16-11-12-19-51(48)49)96-74(123)52(24-26-65(111)112)92-78(127)56(33-62(87)108)93-73(122)44(3)90-81(60)130)61(25-27-66(113)114)82(131)98-57(34-67(115)116)79(128)95-53(30-46-14-9-8-10-15-46)76(125)94-54(31-47-20-22-50(107)23-21-47)77(126)97-58(35-68(117)118)80(129)101-69(85(5,6)7)83(132)99-59(70(88)119)36-134-38-63(103)109/h8-23,42-45,52-61,69,102,107H,24-41,86H2,1-7H3,(H2,87,108)(H2,88,119)(H,89,124)(H,90,130)(H,91,121)(H,92,127)(H,93,122)(H,94,125)(H,95,128)(H,96,123)(H,97,126)(H,98,131)(H,99,132)(H,100,120)(H,101,129)(H,111,112)(H,113,114)(H,115,116)(H,117,118)/t42-,43+,44+,45-,52-,53-,54-,55-,56-,57-,58?,59-,60-,61-,69+/m0/s1. The van der Waals surface area contributed by atoms with Gasteiger partial charge >= 0.3 is 23.9 Å². The van der Waals surface area contributed by atoms with E-state index in [-0.39, 0.29) is 16.9 Å². The summed E-state index contributed by atoms with van der Waals surface area (Å²) in [6.45, 7) is 6.25. The number of carbonyl (C=O) groups excluding carboxylic acids is 18. The number of carbonyl (C=O) groups is 22. The minimum Gasteiger partial charge on any atom is -0.508 e. The van der Waals surface area contributed by atoms with Gasteiger partial charge in [0, 0.05) is 56.7 Å². The number of amides is 18. The lowest BCUT2D eigenvalue weighted by Crippen LogP contribution is -2.67. The molecule has 4 aromatic rings. The van der Waals surface area contributed by atoms with Crippen LogP contribution in [0.4, 0.5) is 0 Å². The highest BCUT2D eigenvalue weighted by Crippen LogP contribution is 2.25. The monoisotopic (exact) mass is 1920 g/mol. The zero-order valence-corrected chi connectivity index (χ0v) is 76.3. The first-order chi connectivity index (χ1) is 63.5. The van der Waals surface area contributed by atoms with Crippen molar-refractivity contribution in [3.05, 3.63) is 114 Å². The Kier molecular flexibility index (Phi) is 40.5. The van der Waals surface area contributed by atoms with Gasteiger partial charge in [0.15, 0.2) is 0 Å². The van der Waals surface area contributed by atoms with Gasteiger partial charge in [0.1, 0.15) is 90.3 Å². The Morgan fingerprint density at radius 2 is 0.896 bits per heavy atom. The number of carboxylic acid groups (broad SMARTS) is 4. The Morgan fingerprint density at radius 1 is 0.459 bits per heavy atom. The summed E-state index contributed by atoms with van der Waals surface area (Å²) in [7, 11) is 0. The van der Waals surface area contributed by atoms with Crippen LogP contribution in [0.3, 0.4) is 0 Å². The quantitative estimate of drug-likeness (QED) is 0.0369. The first-order valence-corrected chi connectivity index (χ1v) is 44.9. The van der Waals surface area contributed by atoms with Gasteiger partial charge in [-0.25, -0.2) is 5.01 Å². The van der Waals surface area contributed by atoms with E-state index in [1.165, 1.54) is 76.2 Å². The smallest absolute Gasteiger partial charge is 0.305 e. The fourth-order valence-corrected chi connectivity index (χ4v) is 15.9. The van der Waals surface area contributed by atoms with E-state index >= 15 is 28.8 Å². The molecule has 3 heterocycles. The highest BCUT2D eigenvalue weighted by atomic mass is 32.2. The molecule has 7 rings (SSSR count). The van der Waals surface area contributed by atoms with Crippen LogP contribution in [0.15, 0.2) is 97.1 Å². The fourth-order valence-electron chi connectivity index (χ4n) is 14.0. The number of nitrogens with two attached hydrogens (primary N) is 3. The fraction of sp³-hybridized carbons (Fsp3) is 0.482. The molecule has 3 saturated heterocycles. The first-order valence-electron chi connectivity index (χ1n) is 42.6. The van der Waals surface area contributed by atoms with Crippen molar-refractivity contribution in [2.24, 2.45) is 22.6 Å². The number of aromatic hydroxyl groups is 1. The van der Waals surface area contributed by atoms with Crippen molar-refractivity contribution < 1.29 is 131 Å². The summed E-state index contributed by atoms with van der Waals surface area (Å²) in [6.07, 6.45) is -8.85. The second-order valence-corrected chi connectivity index (χ2v) is 35.4. The summed E-state index contributed by atoms with van der Waals surface area (Å²) in [5, 5.41) is 84.9. The lowest BCUT2D eigenvalue weighted by molar-refractivity contribution is -0.159. The number of thioether (sulfide) groups is 2. The van der Waals surface area contributed by atoms with E-state index in [2.05, 4.69) is 74.7 Å². The molecule has 0 spiro atoms. The molecule has 25 N–H and O–H groups in total. The molecule has 4 bridgehead atoms. The van der Waals surface area contributed by atoms with E-state index in [1.807, 2.05) is 0 Å². The van der Waals surface area contributed by atoms with Crippen molar-refractivity contribution in [2.45, 2.75) is 203 Å². The summed E-state index contributed by atoms with van der Waals surface area (Å²) in [4.78, 5) is 316. The van der Waals surface area contributed by atoms with Crippen LogP contribution in [-0.4, -0.2) is 316 Å². The van der Waals surface area contributed by atoms with E-state index in [9.17, 15) is 102 Å². The average Bonchev–Trinajstić information content (AvgIpc) is 1.29. The Bertz CT molecular complexity index is 5080. The maximum atomic E-state index is 16.0. The van der Waals surface area contributed by atoms with Gasteiger partial charge in [-0.1, -0.05) is 106 Å². The lowest BCUT2D eigenvalue weighted by Gasteiger charge is -2.39. The van der Waals surface area contributed by atoms with Crippen LogP contribution in [0.1, 0.15) is 110 Å². The summed E-state index contributed by atoms with van der Waals surface area (Å²) < 4.78 is 0. The van der Waals surface area contributed by atoms with Crippen molar-refractivity contribution in [1.29, 1.82) is 0 Å². The molecule has 3 aliphatic rings. The number of carboxylic acids is 4. The molecule has 135 heavy (non-hydrogen) atoms. The molecule has 0 saturated carbocycles. The Balaban J connectivity index is 1.43. The Labute approximate surface area is 781 Å². The van der Waals surface area contributed by atoms with Crippen molar-refractivity contribution in [3.8, 4) is 5.75 Å². The zero-order chi connectivity index (χ0) is 100.0. The molecule has 18 amide bonds. The molecule has 16 atom stereocenters. The number of hydrogen-bond acceptors (Lipinski definition) is 28. The number of phenolic OH excluding ortho intramolecular Hbond substituents is 1. The molecule has 3 fully saturated rings. The van der Waals surface area contributed by atoms with E-state index in [1.54, 1.807) is 48.5 Å². The van der Waals surface area contributed by atoms with Crippen molar-refractivity contribution in [1.82, 2.24) is 94.5 Å². The third kappa shape index (κ3) is 33.8. The van der Waals surface area contributed by atoms with E-state index in [0.29, 0.717) is 44.9 Å². The van der Waals surface area contributed by atoms with Crippen LogP contribution >= 0.6 is 23.5 Å². The van der Waals surface area contributed by atoms with Gasteiger partial charge in [-0.05, 0) is 85.5 Å². The van der Waals surface area contributed by atoms with Gasteiger partial charge in [0.25, 0.3) is 5.91 Å². The number of primary amides is 2. The number of phenols is 1. The third-order valence-corrected chi connectivity index (χ3v) is 23.4. The number of hydrogen-bond donors (Lipinski definition) is 22. The molecule has 0 radical (unpaired) electrons. The summed E-state index contributed by atoms with van der Waals surface area (Å²) in [5.41, 5.74) is 19.5. The predicted octanol–water partition coefficient (Wildman–Crippen LogP) is -6.63. The van der Waals surface area contributed by atoms with Crippen LogP contribution < -0.4 is 91.9 Å². The second kappa shape index (κ2) is 50.6. The Morgan fingerprint density at radius 3 is 1.43 bits per heavy atom. The number of fused-ring (bicyclic) bond motifs is 4. The number of hydrazine groups is 2. The predicted molar refractivity (Wildman–Crippen MR) is 480 cm³/mol. The average molecular weight is 1930 g/mol. The molecule has 3 aliphatic heterocycles. The van der Waals surface area contributed by atoms with Crippen LogP contribution in [0.25, 0.3) is 10.8 Å². The molecular formula is C85H113N21O27S2. The van der Waals surface area contributed by atoms with Gasteiger partial charge in [-0.15, -0.1) is 23.5 Å². The minimum absolute atomic E-state index is 0.195. The van der Waals surface area contributed by atoms with Crippen LogP contribution in [0.2, 0.25) is 0 Å². The molecule has 1 unspecified atom stereocenters. The van der Waals surface area contributed by atoms with Crippen molar-refractivity contribution in [2.75, 3.05) is 49.4 Å². The van der Waals surface area contributed by atoms with Crippen LogP contribution in [0.5, 0.6) is 5.75 Å². The van der Waals surface area contributed by atoms with E-state index < -0.39 is 340 Å². The lowest BCUT2D eigenvalue weighted by atomic mass is 9.85. The minimum atomic E-state index is -2.40. The highest BCUT2D eigenvalue weighted by Gasteiger charge is 2.44. The van der Waals surface area contributed by atoms with E-state index in [4.69, 9.17) is 17.2 Å². The van der Waals surface area contributed by atoms with Crippen LogP contribution in [-0.2, 0) is 125 Å². The van der Waals surface area contributed by atoms with Crippen molar-refractivity contribution >= 4 is 165 Å². The highest BCUT2D eigenvalue weighted by molar-refractivity contribution is 8.00. The van der Waals surface area contributed by atoms with Gasteiger partial charge < -0.3 is 122 Å². The van der Waals surface area contributed by atoms with E-state index in [0.717, 1.165) is 35.6 Å². The molecule has 0 aliphatic carbocycles. The molecule has 0 aromatic heterocycles. The normalized spacial score (nSPS) is 25.2. The van der Waals surface area contributed by atoms with Gasteiger partial charge in [0.05, 0.1) is 50.1 Å². The van der Waals surface area contributed by atoms with Gasteiger partial charge in [-0.3, -0.25) is 105 Å². The topological polar surface area (TPSA) is 736 Å². The first kappa shape index (κ1) is 108. The maximum absolute atomic E-state index is 16.0. The summed E-state index contributed by atoms with van der Waals surface area (Å²) >= 11 is 1.34. The summed E-state index contributed by atoms with van der Waals surface area (Å²) in [6, 6.07) is -4.20. The van der Waals surface area contributed by atoms with Crippen LogP contribution in [0, 0.1) is 5.41 Å². The van der Waals surface area contributed by atoms with Crippen molar-refractivity contribution in [3.63, 3.8) is 0 Å². The molecule has 732 valence electrons. The maximum Gasteiger partial charge on any atom is 0.305 e. The molecule has 50 heteroatoms. The van der Waals surface area contributed by atoms with Gasteiger partial charge in [-0.2, -0.15) is 10.5 Å². The third-order valence-electron chi connectivity index (χ3n) is 21.3. The largest absolute Gasteiger partial charge is 0.508 e. The molecular weight excluding hydrogens is 1810 g/mol. The number of rotatable bonds is 21. The molecule has 4 aromatic carbocycles. The number of nitrogens with one attached hydrogen (secondary N) is 14. The van der Waals surface area contributed by atoms with Gasteiger partial charge in [0.2, 0.25) is 100 Å². The molecule has 48 nitrogen and oxygen atoms in total. The number of aliphatic carboxylic acids is 4. The number of nitrogens with zero attached hydrogens (tertiary/aromatic N) is 4. The zero-order valence-electron chi connectivity index (χ0n) is 74.7. The SMILES string of the molecule is C[C@H](N)C(=O)N[C@H]1CSCC(=O)N2CCN3C[N@](C2)NN(C(=O)[C@H](C)NC(=O)[C@@H](C)NC(=O)[C@H](Cc2cccc4ccccc24)NC(=O)[C@H](CCC(=O)O)NC(=O)[C@H](CC(N)=O)NC(=O)[C@@H](C)NC1=O)[C@@H](CCC(=O)O)C(=O)N[C@@H](CC(=O)O)C(=O)N[C@@H](Cc1ccccc1)C(=O)N[C@@H](Cc1ccc(O)cc1)C(=O)NC(CC(=O)O)C(=O)N[C@@H](C(C)(C)C)C(=O)N[C@H](C(N)=O)CSCC3=O. The Hall–Kier alpha value is -14.1.